The number of rotatable bonds is 12. The zero-order valence-electron chi connectivity index (χ0n) is 26.6. The van der Waals surface area contributed by atoms with Gasteiger partial charge in [-0.1, -0.05) is 55.9 Å². The summed E-state index contributed by atoms with van der Waals surface area (Å²) in [5.74, 6) is -1.13. The van der Waals surface area contributed by atoms with E-state index in [1.807, 2.05) is 45.9 Å². The molecule has 0 fully saturated rings. The summed E-state index contributed by atoms with van der Waals surface area (Å²) in [5, 5.41) is 3.09. The van der Waals surface area contributed by atoms with Crippen LogP contribution in [-0.2, 0) is 26.9 Å². The summed E-state index contributed by atoms with van der Waals surface area (Å²) in [6, 6.07) is 8.40. The molecule has 1 N–H and O–H groups in total. The lowest BCUT2D eigenvalue weighted by Crippen LogP contribution is -2.38. The van der Waals surface area contributed by atoms with Gasteiger partial charge in [-0.05, 0) is 92.7 Å². The Labute approximate surface area is 272 Å². The Balaban J connectivity index is 2.11. The van der Waals surface area contributed by atoms with Gasteiger partial charge in [0.1, 0.15) is 15.8 Å². The van der Waals surface area contributed by atoms with Crippen LogP contribution in [0.5, 0.6) is 0 Å². The van der Waals surface area contributed by atoms with E-state index >= 15 is 0 Å². The van der Waals surface area contributed by atoms with E-state index in [9.17, 15) is 22.8 Å². The monoisotopic (exact) mass is 664 g/mol. The van der Waals surface area contributed by atoms with E-state index in [1.165, 1.54) is 17.9 Å². The van der Waals surface area contributed by atoms with Crippen LogP contribution in [0.2, 0.25) is 5.15 Å². The van der Waals surface area contributed by atoms with Crippen molar-refractivity contribution in [1.82, 2.24) is 19.8 Å². The second-order valence-corrected chi connectivity index (χ2v) is 12.7. The highest BCUT2D eigenvalue weighted by molar-refractivity contribution is 7.71. The molecule has 0 spiro atoms. The first-order valence-corrected chi connectivity index (χ1v) is 15.4. The van der Waals surface area contributed by atoms with Crippen molar-refractivity contribution in [3.8, 4) is 11.1 Å². The van der Waals surface area contributed by atoms with Gasteiger partial charge in [0.2, 0.25) is 5.91 Å². The fraction of sp³-hybridized carbons (Fsp3) is 0.455. The third-order valence-electron chi connectivity index (χ3n) is 7.49. The number of hydrogen-bond donors (Lipinski definition) is 1. The Morgan fingerprint density at radius 2 is 1.78 bits per heavy atom. The molecule has 3 aromatic rings. The van der Waals surface area contributed by atoms with Crippen molar-refractivity contribution >= 4 is 35.7 Å². The zero-order valence-corrected chi connectivity index (χ0v) is 28.2. The van der Waals surface area contributed by atoms with Crippen LogP contribution in [0.25, 0.3) is 11.1 Å². The maximum atomic E-state index is 14.1. The van der Waals surface area contributed by atoms with Crippen molar-refractivity contribution in [2.75, 3.05) is 27.7 Å². The van der Waals surface area contributed by atoms with E-state index in [-0.39, 0.29) is 40.5 Å². The number of halogens is 4. The minimum atomic E-state index is -4.61. The highest BCUT2D eigenvalue weighted by atomic mass is 35.5. The van der Waals surface area contributed by atoms with Crippen LogP contribution in [-0.4, -0.2) is 54.1 Å². The third kappa shape index (κ3) is 9.61. The standard InChI is InChI=1S/C33H40ClF3N4O3S/c1-19(2)13-27(41-18-22(11-12-40(5)6)24(16-29(41)45)33(35,36)37)32(43)39-26(17-30(42)44-7)25-14-23(15-28(34)38-25)31-20(3)9-8-10-21(31)4/h8-10,14-16,18-19,26-27H,11-13,17H2,1-7H3,(H,39,43)/t26-,27?/m0/s1. The minimum absolute atomic E-state index is 0.0193. The van der Waals surface area contributed by atoms with Crippen molar-refractivity contribution in [3.05, 3.63) is 80.3 Å². The van der Waals surface area contributed by atoms with Gasteiger partial charge >= 0.3 is 12.1 Å². The Morgan fingerprint density at radius 3 is 2.33 bits per heavy atom. The van der Waals surface area contributed by atoms with Crippen molar-refractivity contribution in [2.24, 2.45) is 5.92 Å². The number of likely N-dealkylation sites (N-methyl/N-ethyl adjacent to an activating group) is 1. The molecule has 244 valence electrons. The first-order valence-electron chi connectivity index (χ1n) is 14.6. The Morgan fingerprint density at radius 1 is 1.13 bits per heavy atom. The molecule has 0 saturated heterocycles. The highest BCUT2D eigenvalue weighted by Gasteiger charge is 2.35. The lowest BCUT2D eigenvalue weighted by Gasteiger charge is -2.27. The molecule has 2 atom stereocenters. The molecule has 0 saturated carbocycles. The number of hydrogen-bond acceptors (Lipinski definition) is 6. The number of alkyl halides is 3. The molecule has 2 aromatic heterocycles. The number of amides is 1. The first kappa shape index (κ1) is 36.2. The number of ether oxygens (including phenoxy) is 1. The number of methoxy groups -OCH3 is 1. The average molecular weight is 665 g/mol. The predicted molar refractivity (Wildman–Crippen MR) is 173 cm³/mol. The predicted octanol–water partition coefficient (Wildman–Crippen LogP) is 7.68. The molecule has 0 aliphatic carbocycles. The summed E-state index contributed by atoms with van der Waals surface area (Å²) < 4.78 is 48.2. The minimum Gasteiger partial charge on any atom is -0.469 e. The van der Waals surface area contributed by atoms with E-state index in [4.69, 9.17) is 28.6 Å². The van der Waals surface area contributed by atoms with Crippen molar-refractivity contribution < 1.29 is 27.5 Å². The molecular formula is C33H40ClF3N4O3S. The molecule has 3 rings (SSSR count). The number of benzene rings is 1. The molecule has 1 unspecified atom stereocenters. The number of esters is 1. The van der Waals surface area contributed by atoms with E-state index in [0.717, 1.165) is 28.3 Å². The Bertz CT molecular complexity index is 1570. The van der Waals surface area contributed by atoms with E-state index in [1.54, 1.807) is 31.1 Å². The molecule has 0 aliphatic heterocycles. The molecule has 45 heavy (non-hydrogen) atoms. The van der Waals surface area contributed by atoms with Crippen molar-refractivity contribution in [1.29, 1.82) is 0 Å². The molecule has 12 heteroatoms. The number of nitrogens with one attached hydrogen (secondary N) is 1. The summed E-state index contributed by atoms with van der Waals surface area (Å²) in [5.41, 5.74) is 3.28. The molecule has 0 radical (unpaired) electrons. The number of pyridine rings is 2. The van der Waals surface area contributed by atoms with Crippen LogP contribution in [0.15, 0.2) is 42.6 Å². The number of carbonyl (C=O) groups excluding carboxylic acids is 2. The lowest BCUT2D eigenvalue weighted by atomic mass is 9.95. The van der Waals surface area contributed by atoms with Crippen LogP contribution >= 0.6 is 23.8 Å². The number of aryl methyl sites for hydroxylation is 2. The van der Waals surface area contributed by atoms with Gasteiger partial charge in [-0.2, -0.15) is 13.2 Å². The van der Waals surface area contributed by atoms with Gasteiger partial charge in [0.25, 0.3) is 0 Å². The van der Waals surface area contributed by atoms with Gasteiger partial charge in [0, 0.05) is 12.7 Å². The molecule has 1 aromatic carbocycles. The van der Waals surface area contributed by atoms with Crippen LogP contribution < -0.4 is 5.32 Å². The lowest BCUT2D eigenvalue weighted by molar-refractivity contribution is -0.141. The fourth-order valence-corrected chi connectivity index (χ4v) is 5.81. The van der Waals surface area contributed by atoms with Gasteiger partial charge in [0.15, 0.2) is 0 Å². The highest BCUT2D eigenvalue weighted by Crippen LogP contribution is 2.35. The number of aromatic nitrogens is 2. The topological polar surface area (TPSA) is 76.5 Å². The van der Waals surface area contributed by atoms with Crippen LogP contribution in [0.1, 0.15) is 66.7 Å². The Hall–Kier alpha value is -3.28. The van der Waals surface area contributed by atoms with Crippen LogP contribution in [0.3, 0.4) is 0 Å². The summed E-state index contributed by atoms with van der Waals surface area (Å²) in [6.45, 7) is 8.12. The molecule has 7 nitrogen and oxygen atoms in total. The van der Waals surface area contributed by atoms with Crippen molar-refractivity contribution in [3.63, 3.8) is 0 Å². The summed E-state index contributed by atoms with van der Waals surface area (Å²) in [4.78, 5) is 32.8. The quantitative estimate of drug-likeness (QED) is 0.122. The van der Waals surface area contributed by atoms with Gasteiger partial charge in [-0.25, -0.2) is 4.98 Å². The third-order valence-corrected chi connectivity index (χ3v) is 8.01. The maximum Gasteiger partial charge on any atom is 0.416 e. The number of carbonyl (C=O) groups is 2. The largest absolute Gasteiger partial charge is 0.469 e. The second kappa shape index (κ2) is 15.3. The molecule has 0 bridgehead atoms. The van der Waals surface area contributed by atoms with Crippen LogP contribution in [0.4, 0.5) is 13.2 Å². The van der Waals surface area contributed by atoms with Crippen molar-refractivity contribution in [2.45, 2.75) is 65.2 Å². The Kier molecular flexibility index (Phi) is 12.3. The molecule has 1 amide bonds. The second-order valence-electron chi connectivity index (χ2n) is 11.9. The van der Waals surface area contributed by atoms with Gasteiger partial charge in [-0.3, -0.25) is 9.59 Å². The van der Waals surface area contributed by atoms with E-state index < -0.39 is 35.7 Å². The molecular weight excluding hydrogens is 625 g/mol. The van der Waals surface area contributed by atoms with Gasteiger partial charge in [0.05, 0.1) is 30.8 Å². The normalized spacial score (nSPS) is 13.2. The first-order chi connectivity index (χ1) is 21.0. The maximum absolute atomic E-state index is 14.1. The molecule has 2 heterocycles. The molecule has 0 aliphatic rings. The summed E-state index contributed by atoms with van der Waals surface area (Å²) in [7, 11) is 4.79. The van der Waals surface area contributed by atoms with Gasteiger partial charge in [-0.15, -0.1) is 0 Å². The van der Waals surface area contributed by atoms with E-state index in [0.29, 0.717) is 12.2 Å². The van der Waals surface area contributed by atoms with E-state index in [2.05, 4.69) is 10.3 Å². The van der Waals surface area contributed by atoms with Crippen LogP contribution in [0, 0.1) is 24.4 Å². The van der Waals surface area contributed by atoms with Gasteiger partial charge < -0.3 is 19.5 Å². The summed E-state index contributed by atoms with van der Waals surface area (Å²) >= 11 is 11.9. The number of nitrogens with zero attached hydrogens (tertiary/aromatic N) is 3. The summed E-state index contributed by atoms with van der Waals surface area (Å²) in [6.07, 6.45) is -3.14. The SMILES string of the molecule is COC(=O)C[C@H](NC(=O)C(CC(C)C)n1cc(CCN(C)C)c(C(F)(F)F)cc1=S)c1cc(-c2c(C)cccc2C)cc(Cl)n1. The smallest absolute Gasteiger partial charge is 0.416 e. The zero-order chi connectivity index (χ0) is 33.6. The average Bonchev–Trinajstić information content (AvgIpc) is 2.93. The fourth-order valence-electron chi connectivity index (χ4n) is 5.29.